The van der Waals surface area contributed by atoms with Crippen LogP contribution in [0.3, 0.4) is 0 Å². The number of hydrogen-bond donors (Lipinski definition) is 8. The van der Waals surface area contributed by atoms with Gasteiger partial charge in [-0.15, -0.1) is 0 Å². The summed E-state index contributed by atoms with van der Waals surface area (Å²) in [6, 6.07) is -5.79. The number of primary amides is 2. The Morgan fingerprint density at radius 1 is 0.839 bits per heavy atom. The van der Waals surface area contributed by atoms with Crippen LogP contribution in [0.4, 0.5) is 0 Å². The molecule has 31 heavy (non-hydrogen) atoms. The van der Waals surface area contributed by atoms with Gasteiger partial charge in [0.05, 0.1) is 25.5 Å². The molecule has 4 atom stereocenters. The molecule has 0 fully saturated rings. The topological polar surface area (TPSA) is 257 Å². The number of nitrogens with one attached hydrogen (secondary N) is 3. The fourth-order valence-electron chi connectivity index (χ4n) is 2.23. The lowest BCUT2D eigenvalue weighted by Crippen LogP contribution is -2.58. The van der Waals surface area contributed by atoms with Crippen LogP contribution in [0.25, 0.3) is 0 Å². The predicted molar refractivity (Wildman–Crippen MR) is 109 cm³/mol. The van der Waals surface area contributed by atoms with E-state index in [9.17, 15) is 33.9 Å². The molecule has 0 radical (unpaired) electrons. The maximum atomic E-state index is 12.4. The van der Waals surface area contributed by atoms with Crippen molar-refractivity contribution in [1.82, 2.24) is 16.0 Å². The van der Waals surface area contributed by atoms with Crippen LogP contribution in [0.1, 0.15) is 19.3 Å². The van der Waals surface area contributed by atoms with Crippen molar-refractivity contribution in [3.8, 4) is 0 Å². The zero-order valence-corrected chi connectivity index (χ0v) is 17.6. The Balaban J connectivity index is 5.23. The second kappa shape index (κ2) is 14.2. The molecule has 4 unspecified atom stereocenters. The van der Waals surface area contributed by atoms with E-state index in [0.29, 0.717) is 5.75 Å². The number of rotatable bonds is 15. The van der Waals surface area contributed by atoms with Gasteiger partial charge in [0.1, 0.15) is 18.1 Å². The van der Waals surface area contributed by atoms with Crippen LogP contribution in [0, 0.1) is 0 Å². The Kier molecular flexibility index (Phi) is 12.8. The monoisotopic (exact) mass is 464 g/mol. The number of aliphatic hydroxyl groups is 1. The number of carbonyl (C=O) groups excluding carboxylic acids is 5. The van der Waals surface area contributed by atoms with Crippen LogP contribution < -0.4 is 33.2 Å². The summed E-state index contributed by atoms with van der Waals surface area (Å²) < 4.78 is 0. The van der Waals surface area contributed by atoms with E-state index >= 15 is 0 Å². The lowest BCUT2D eigenvalue weighted by atomic mass is 10.1. The van der Waals surface area contributed by atoms with Gasteiger partial charge in [-0.05, 0) is 18.4 Å². The molecule has 0 aromatic rings. The van der Waals surface area contributed by atoms with Crippen molar-refractivity contribution in [2.75, 3.05) is 18.6 Å². The molecule has 14 nitrogen and oxygen atoms in total. The van der Waals surface area contributed by atoms with Gasteiger partial charge in [0.25, 0.3) is 0 Å². The summed E-state index contributed by atoms with van der Waals surface area (Å²) in [7, 11) is 0. The van der Waals surface area contributed by atoms with Gasteiger partial charge in [0.2, 0.25) is 29.5 Å². The Hall–Kier alpha value is -2.91. The molecule has 0 saturated heterocycles. The van der Waals surface area contributed by atoms with Gasteiger partial charge < -0.3 is 43.4 Å². The smallest absolute Gasteiger partial charge is 0.326 e. The number of carbonyl (C=O) groups is 6. The van der Waals surface area contributed by atoms with E-state index in [0.717, 1.165) is 0 Å². The summed E-state index contributed by atoms with van der Waals surface area (Å²) in [4.78, 5) is 70.1. The molecule has 0 heterocycles. The van der Waals surface area contributed by atoms with Gasteiger partial charge in [-0.1, -0.05) is 0 Å². The highest BCUT2D eigenvalue weighted by Gasteiger charge is 2.31. The summed E-state index contributed by atoms with van der Waals surface area (Å²) >= 11 is 1.36. The van der Waals surface area contributed by atoms with E-state index in [4.69, 9.17) is 22.3 Å². The molecular formula is C16H28N6O8S. The molecule has 0 aromatic carbocycles. The lowest BCUT2D eigenvalue weighted by Gasteiger charge is -2.23. The minimum Gasteiger partial charge on any atom is -0.480 e. The standard InChI is InChI=1S/C16H28N6O8S/c1-31-3-2-8(16(29)30)20-15(28)10(6-23)22-14(27)9(5-12(19)25)21-13(26)7(17)4-11(18)24/h7-10,23H,2-6,17H2,1H3,(H2,18,24)(H2,19,25)(H,20,28)(H,21,26)(H,22,27)(H,29,30). The summed E-state index contributed by atoms with van der Waals surface area (Å²) in [6.45, 7) is -0.898. The average molecular weight is 465 g/mol. The third kappa shape index (κ3) is 11.2. The van der Waals surface area contributed by atoms with Crippen molar-refractivity contribution in [2.24, 2.45) is 17.2 Å². The van der Waals surface area contributed by atoms with Crippen molar-refractivity contribution in [3.63, 3.8) is 0 Å². The van der Waals surface area contributed by atoms with Crippen LogP contribution >= 0.6 is 11.8 Å². The highest BCUT2D eigenvalue weighted by molar-refractivity contribution is 7.98. The molecular weight excluding hydrogens is 436 g/mol. The van der Waals surface area contributed by atoms with Crippen LogP contribution in [-0.2, 0) is 28.8 Å². The van der Waals surface area contributed by atoms with E-state index in [1.54, 1.807) is 6.26 Å². The van der Waals surface area contributed by atoms with E-state index in [2.05, 4.69) is 16.0 Å². The van der Waals surface area contributed by atoms with Crippen molar-refractivity contribution in [2.45, 2.75) is 43.4 Å². The maximum absolute atomic E-state index is 12.4. The quantitative estimate of drug-likeness (QED) is 0.115. The molecule has 0 aliphatic rings. The Morgan fingerprint density at radius 3 is 1.77 bits per heavy atom. The van der Waals surface area contributed by atoms with E-state index in [-0.39, 0.29) is 6.42 Å². The molecule has 11 N–H and O–H groups in total. The molecule has 0 bridgehead atoms. The van der Waals surface area contributed by atoms with Gasteiger partial charge in [0, 0.05) is 0 Å². The van der Waals surface area contributed by atoms with E-state index in [1.807, 2.05) is 0 Å². The van der Waals surface area contributed by atoms with E-state index < -0.39 is 79.1 Å². The minimum absolute atomic E-state index is 0.104. The van der Waals surface area contributed by atoms with Crippen molar-refractivity contribution < 1.29 is 39.0 Å². The Bertz CT molecular complexity index is 691. The first kappa shape index (κ1) is 28.1. The van der Waals surface area contributed by atoms with Crippen molar-refractivity contribution >= 4 is 47.3 Å². The average Bonchev–Trinajstić information content (AvgIpc) is 2.66. The Morgan fingerprint density at radius 2 is 1.32 bits per heavy atom. The second-order valence-electron chi connectivity index (χ2n) is 6.43. The molecule has 0 aliphatic carbocycles. The highest BCUT2D eigenvalue weighted by Crippen LogP contribution is 2.02. The summed E-state index contributed by atoms with van der Waals surface area (Å²) in [5.41, 5.74) is 15.5. The molecule has 0 spiro atoms. The molecule has 0 rings (SSSR count). The van der Waals surface area contributed by atoms with Crippen molar-refractivity contribution in [3.05, 3.63) is 0 Å². The van der Waals surface area contributed by atoms with Crippen molar-refractivity contribution in [1.29, 1.82) is 0 Å². The van der Waals surface area contributed by atoms with Gasteiger partial charge in [-0.25, -0.2) is 4.79 Å². The third-order valence-electron chi connectivity index (χ3n) is 3.84. The molecule has 15 heteroatoms. The second-order valence-corrected chi connectivity index (χ2v) is 7.42. The fourth-order valence-corrected chi connectivity index (χ4v) is 2.70. The SMILES string of the molecule is CSCCC(NC(=O)C(CO)NC(=O)C(CC(N)=O)NC(=O)C(N)CC(N)=O)C(=O)O. The molecule has 176 valence electrons. The normalized spacial score (nSPS) is 14.4. The molecule has 0 saturated carbocycles. The number of carboxylic acids is 1. The third-order valence-corrected chi connectivity index (χ3v) is 4.48. The number of aliphatic carboxylic acids is 1. The number of thioether (sulfide) groups is 1. The molecule has 5 amide bonds. The largest absolute Gasteiger partial charge is 0.480 e. The first-order valence-corrected chi connectivity index (χ1v) is 10.4. The zero-order chi connectivity index (χ0) is 24.1. The summed E-state index contributed by atoms with van der Waals surface area (Å²) in [5, 5.41) is 25.0. The number of hydrogen-bond acceptors (Lipinski definition) is 9. The predicted octanol–water partition coefficient (Wildman–Crippen LogP) is -4.65. The van der Waals surface area contributed by atoms with Gasteiger partial charge in [0.15, 0.2) is 0 Å². The van der Waals surface area contributed by atoms with E-state index in [1.165, 1.54) is 11.8 Å². The highest BCUT2D eigenvalue weighted by atomic mass is 32.2. The van der Waals surface area contributed by atoms with Crippen LogP contribution in [-0.4, -0.2) is 88.5 Å². The van der Waals surface area contributed by atoms with Crippen LogP contribution in [0.2, 0.25) is 0 Å². The lowest BCUT2D eigenvalue weighted by molar-refractivity contribution is -0.142. The first-order chi connectivity index (χ1) is 14.4. The van der Waals surface area contributed by atoms with Crippen LogP contribution in [0.5, 0.6) is 0 Å². The number of carboxylic acid groups (broad SMARTS) is 1. The summed E-state index contributed by atoms with van der Waals surface area (Å²) in [6.07, 6.45) is 0.656. The maximum Gasteiger partial charge on any atom is 0.326 e. The fraction of sp³-hybridized carbons (Fsp3) is 0.625. The minimum atomic E-state index is -1.57. The number of aliphatic hydroxyl groups excluding tert-OH is 1. The van der Waals surface area contributed by atoms with Gasteiger partial charge in [-0.3, -0.25) is 24.0 Å². The molecule has 0 aliphatic heterocycles. The molecule has 0 aromatic heterocycles. The van der Waals surface area contributed by atoms with Gasteiger partial charge in [-0.2, -0.15) is 11.8 Å². The van der Waals surface area contributed by atoms with Gasteiger partial charge >= 0.3 is 5.97 Å². The number of amides is 5. The Labute approximate surface area is 182 Å². The zero-order valence-electron chi connectivity index (χ0n) is 16.8. The summed E-state index contributed by atoms with van der Waals surface area (Å²) in [5.74, 6) is -5.74. The van der Waals surface area contributed by atoms with Crippen LogP contribution in [0.15, 0.2) is 0 Å². The number of nitrogens with two attached hydrogens (primary N) is 3. The first-order valence-electron chi connectivity index (χ1n) is 8.98.